The van der Waals surface area contributed by atoms with E-state index in [1.165, 1.54) is 0 Å². The fourth-order valence-corrected chi connectivity index (χ4v) is 3.45. The number of nitrogens with zero attached hydrogens (tertiary/aromatic N) is 3. The Morgan fingerprint density at radius 3 is 2.92 bits per heavy atom. The zero-order valence-electron chi connectivity index (χ0n) is 14.8. The van der Waals surface area contributed by atoms with Gasteiger partial charge in [0.15, 0.2) is 0 Å². The van der Waals surface area contributed by atoms with E-state index in [1.54, 1.807) is 30.1 Å². The smallest absolute Gasteiger partial charge is 0.258 e. The molecule has 2 aromatic rings. The summed E-state index contributed by atoms with van der Waals surface area (Å²) in [5, 5.41) is 0.527. The first-order valence-electron chi connectivity index (χ1n) is 8.67. The third-order valence-electron chi connectivity index (χ3n) is 4.66. The number of hydrogen-bond acceptors (Lipinski definition) is 5. The molecular formula is C18H23N5O3. The number of nitrogens with two attached hydrogens (primary N) is 1. The molecule has 138 valence electrons. The molecule has 1 fully saturated rings. The van der Waals surface area contributed by atoms with Crippen molar-refractivity contribution in [2.24, 2.45) is 11.7 Å². The van der Waals surface area contributed by atoms with Gasteiger partial charge < -0.3 is 15.6 Å². The van der Waals surface area contributed by atoms with Crippen LogP contribution >= 0.6 is 0 Å². The predicted molar refractivity (Wildman–Crippen MR) is 97.2 cm³/mol. The molecule has 0 aliphatic carbocycles. The molecule has 0 spiro atoms. The maximum atomic E-state index is 12.7. The highest BCUT2D eigenvalue weighted by molar-refractivity contribution is 5.80. The van der Waals surface area contributed by atoms with Gasteiger partial charge in [-0.15, -0.1) is 0 Å². The molecule has 1 unspecified atom stereocenters. The van der Waals surface area contributed by atoms with E-state index in [0.29, 0.717) is 23.3 Å². The fourth-order valence-electron chi connectivity index (χ4n) is 3.45. The molecule has 8 nitrogen and oxygen atoms in total. The van der Waals surface area contributed by atoms with Crippen LogP contribution in [0.15, 0.2) is 29.1 Å². The van der Waals surface area contributed by atoms with Crippen molar-refractivity contribution in [2.45, 2.75) is 19.4 Å². The lowest BCUT2D eigenvalue weighted by Gasteiger charge is -2.33. The van der Waals surface area contributed by atoms with Gasteiger partial charge in [0.2, 0.25) is 11.8 Å². The van der Waals surface area contributed by atoms with Gasteiger partial charge in [-0.05, 0) is 31.5 Å². The van der Waals surface area contributed by atoms with Crippen molar-refractivity contribution in [2.75, 3.05) is 26.7 Å². The van der Waals surface area contributed by atoms with Crippen molar-refractivity contribution < 1.29 is 9.59 Å². The van der Waals surface area contributed by atoms with Crippen LogP contribution in [0.5, 0.6) is 0 Å². The van der Waals surface area contributed by atoms with Gasteiger partial charge in [0, 0.05) is 13.6 Å². The summed E-state index contributed by atoms with van der Waals surface area (Å²) < 4.78 is 0. The second-order valence-corrected chi connectivity index (χ2v) is 6.76. The third kappa shape index (κ3) is 4.08. The number of rotatable bonds is 5. The molecule has 1 aromatic carbocycles. The van der Waals surface area contributed by atoms with E-state index in [9.17, 15) is 14.4 Å². The number of piperidine rings is 1. The van der Waals surface area contributed by atoms with E-state index in [4.69, 9.17) is 5.73 Å². The number of carbonyl (C=O) groups excluding carboxylic acids is 2. The van der Waals surface area contributed by atoms with Crippen molar-refractivity contribution in [3.05, 3.63) is 40.4 Å². The maximum absolute atomic E-state index is 12.7. The average molecular weight is 357 g/mol. The lowest BCUT2D eigenvalue weighted by molar-refractivity contribution is -0.137. The Balaban J connectivity index is 1.69. The van der Waals surface area contributed by atoms with E-state index in [-0.39, 0.29) is 36.4 Å². The Morgan fingerprint density at radius 1 is 1.38 bits per heavy atom. The predicted octanol–water partition coefficient (Wildman–Crippen LogP) is 0.0788. The van der Waals surface area contributed by atoms with Crippen molar-refractivity contribution in [3.8, 4) is 0 Å². The normalized spacial score (nSPS) is 18.0. The average Bonchev–Trinajstić information content (AvgIpc) is 2.60. The minimum atomic E-state index is -0.385. The van der Waals surface area contributed by atoms with E-state index in [0.717, 1.165) is 19.4 Å². The van der Waals surface area contributed by atoms with Gasteiger partial charge in [0.05, 0.1) is 29.9 Å². The Hall–Kier alpha value is -2.74. The number of aromatic nitrogens is 2. The molecule has 0 saturated carbocycles. The number of aromatic amines is 1. The Labute approximate surface area is 151 Å². The van der Waals surface area contributed by atoms with Crippen molar-refractivity contribution in [1.82, 2.24) is 19.8 Å². The molecule has 26 heavy (non-hydrogen) atoms. The van der Waals surface area contributed by atoms with Crippen LogP contribution < -0.4 is 11.3 Å². The minimum absolute atomic E-state index is 0.0185. The summed E-state index contributed by atoms with van der Waals surface area (Å²) in [7, 11) is 1.70. The summed E-state index contributed by atoms with van der Waals surface area (Å²) in [6, 6.07) is 7.10. The minimum Gasteiger partial charge on any atom is -0.369 e. The Kier molecular flexibility index (Phi) is 5.32. The standard InChI is InChI=1S/C18H23N5O3/c1-22(18(26)12-5-4-8-23(9-12)10-15(19)24)11-16-20-14-7-3-2-6-13(14)17(25)21-16/h2-3,6-7,12H,4-5,8-11H2,1H3,(H2,19,24)(H,20,21,25). The van der Waals surface area contributed by atoms with Gasteiger partial charge in [0.1, 0.15) is 5.82 Å². The summed E-state index contributed by atoms with van der Waals surface area (Å²) in [6.07, 6.45) is 1.63. The molecule has 1 aromatic heterocycles. The molecular weight excluding hydrogens is 334 g/mol. The molecule has 3 rings (SSSR count). The highest BCUT2D eigenvalue weighted by atomic mass is 16.2. The first kappa shape index (κ1) is 18.1. The number of likely N-dealkylation sites (tertiary alicyclic amines) is 1. The van der Waals surface area contributed by atoms with Gasteiger partial charge in [-0.25, -0.2) is 4.98 Å². The number of primary amides is 1. The molecule has 8 heteroatoms. The van der Waals surface area contributed by atoms with Crippen LogP contribution in [-0.2, 0) is 16.1 Å². The molecule has 1 aliphatic rings. The molecule has 1 saturated heterocycles. The van der Waals surface area contributed by atoms with Gasteiger partial charge >= 0.3 is 0 Å². The van der Waals surface area contributed by atoms with Crippen LogP contribution in [0, 0.1) is 5.92 Å². The van der Waals surface area contributed by atoms with Crippen LogP contribution in [0.4, 0.5) is 0 Å². The van der Waals surface area contributed by atoms with Gasteiger partial charge in [0.25, 0.3) is 5.56 Å². The van der Waals surface area contributed by atoms with Gasteiger partial charge in [-0.2, -0.15) is 0 Å². The number of carbonyl (C=O) groups is 2. The molecule has 0 bridgehead atoms. The highest BCUT2D eigenvalue weighted by Gasteiger charge is 2.28. The second-order valence-electron chi connectivity index (χ2n) is 6.76. The largest absolute Gasteiger partial charge is 0.369 e. The lowest BCUT2D eigenvalue weighted by Crippen LogP contribution is -2.46. The molecule has 2 amide bonds. The number of nitrogens with one attached hydrogen (secondary N) is 1. The summed E-state index contributed by atoms with van der Waals surface area (Å²) in [4.78, 5) is 46.7. The fraction of sp³-hybridized carbons (Fsp3) is 0.444. The third-order valence-corrected chi connectivity index (χ3v) is 4.66. The van der Waals surface area contributed by atoms with E-state index in [1.807, 2.05) is 11.0 Å². The number of hydrogen-bond donors (Lipinski definition) is 2. The number of fused-ring (bicyclic) bond motifs is 1. The molecule has 1 atom stereocenters. The molecule has 3 N–H and O–H groups in total. The van der Waals surface area contributed by atoms with Gasteiger partial charge in [-0.3, -0.25) is 19.3 Å². The van der Waals surface area contributed by atoms with Crippen LogP contribution in [-0.4, -0.2) is 58.3 Å². The summed E-state index contributed by atoms with van der Waals surface area (Å²) in [5.74, 6) is -0.131. The quantitative estimate of drug-likeness (QED) is 0.787. The second kappa shape index (κ2) is 7.65. The van der Waals surface area contributed by atoms with Crippen LogP contribution in [0.3, 0.4) is 0 Å². The zero-order chi connectivity index (χ0) is 18.7. The summed E-state index contributed by atoms with van der Waals surface area (Å²) in [6.45, 7) is 1.70. The Bertz CT molecular complexity index is 879. The van der Waals surface area contributed by atoms with Crippen molar-refractivity contribution in [3.63, 3.8) is 0 Å². The zero-order valence-corrected chi connectivity index (χ0v) is 14.8. The number of benzene rings is 1. The van der Waals surface area contributed by atoms with Gasteiger partial charge in [-0.1, -0.05) is 12.1 Å². The molecule has 0 radical (unpaired) electrons. The number of amides is 2. The van der Waals surface area contributed by atoms with E-state index >= 15 is 0 Å². The van der Waals surface area contributed by atoms with E-state index in [2.05, 4.69) is 9.97 Å². The molecule has 2 heterocycles. The lowest BCUT2D eigenvalue weighted by atomic mass is 9.96. The van der Waals surface area contributed by atoms with Crippen molar-refractivity contribution in [1.29, 1.82) is 0 Å². The summed E-state index contributed by atoms with van der Waals surface area (Å²) >= 11 is 0. The van der Waals surface area contributed by atoms with E-state index < -0.39 is 0 Å². The first-order chi connectivity index (χ1) is 12.4. The monoisotopic (exact) mass is 357 g/mol. The van der Waals surface area contributed by atoms with Crippen LogP contribution in [0.25, 0.3) is 10.9 Å². The van der Waals surface area contributed by atoms with Crippen LogP contribution in [0.1, 0.15) is 18.7 Å². The highest BCUT2D eigenvalue weighted by Crippen LogP contribution is 2.19. The van der Waals surface area contributed by atoms with Crippen LogP contribution in [0.2, 0.25) is 0 Å². The number of H-pyrrole nitrogens is 1. The topological polar surface area (TPSA) is 112 Å². The first-order valence-corrected chi connectivity index (χ1v) is 8.67. The summed E-state index contributed by atoms with van der Waals surface area (Å²) in [5.41, 5.74) is 5.65. The van der Waals surface area contributed by atoms with Crippen molar-refractivity contribution >= 4 is 22.7 Å². The Morgan fingerprint density at radius 2 is 2.15 bits per heavy atom. The molecule has 1 aliphatic heterocycles. The maximum Gasteiger partial charge on any atom is 0.258 e. The number of para-hydroxylation sites is 1. The SMILES string of the molecule is CN(Cc1nc2ccccc2c(=O)[nH]1)C(=O)C1CCCN(CC(N)=O)C1.